The molecule has 0 radical (unpaired) electrons. The number of benzene rings is 7. The molecule has 0 saturated carbocycles. The summed E-state index contributed by atoms with van der Waals surface area (Å²) in [6, 6.07) is 64.4. The first kappa shape index (κ1) is 38.9. The molecular weight excluding hydrogens is 916 g/mol. The average Bonchev–Trinajstić information content (AvgIpc) is 3.82. The standard InChI is InChI=1S/C54H42N4O.Pt/c1-5-37-30-31-55-52(32-37)58-48-29-26-40(54(2,3)4)33-47(48)46-28-27-43(35-51(46)58)59-42-21-14-20-41(34-42)56-36-57(50-25-13-12-24-49(50)56)53-44(38-16-8-6-9-17-38)22-15-23-45(53)39-18-10-7-11-19-39;/h6-33H,5H2,1-4H3;/q-2;. The van der Waals surface area contributed by atoms with Crippen molar-refractivity contribution in [1.29, 1.82) is 0 Å². The summed E-state index contributed by atoms with van der Waals surface area (Å²) in [6.45, 7) is 8.92. The Labute approximate surface area is 365 Å². The Bertz CT molecular complexity index is 3100. The van der Waals surface area contributed by atoms with Gasteiger partial charge in [-0.1, -0.05) is 148 Å². The van der Waals surface area contributed by atoms with Gasteiger partial charge < -0.3 is 13.9 Å². The zero-order valence-electron chi connectivity index (χ0n) is 33.9. The minimum absolute atomic E-state index is 0. The molecule has 0 atom stereocenters. The van der Waals surface area contributed by atoms with Gasteiger partial charge in [-0.25, -0.2) is 4.98 Å². The first-order valence-corrected chi connectivity index (χ1v) is 20.2. The summed E-state index contributed by atoms with van der Waals surface area (Å²) in [5.74, 6) is 2.04. The summed E-state index contributed by atoms with van der Waals surface area (Å²) in [4.78, 5) is 4.84. The average molecular weight is 958 g/mol. The van der Waals surface area contributed by atoms with Crippen molar-refractivity contribution in [1.82, 2.24) is 14.1 Å². The van der Waals surface area contributed by atoms with E-state index in [9.17, 15) is 0 Å². The minimum atomic E-state index is 0. The molecule has 10 aromatic rings. The molecule has 0 spiro atoms. The van der Waals surface area contributed by atoms with E-state index in [1.54, 1.807) is 0 Å². The van der Waals surface area contributed by atoms with Crippen LogP contribution in [0.5, 0.6) is 11.5 Å². The second kappa shape index (κ2) is 15.9. The van der Waals surface area contributed by atoms with E-state index in [0.29, 0.717) is 11.5 Å². The molecule has 6 heteroatoms. The van der Waals surface area contributed by atoms with E-state index in [0.717, 1.165) is 73.3 Å². The van der Waals surface area contributed by atoms with Gasteiger partial charge in [0.1, 0.15) is 5.82 Å². The Morgan fingerprint density at radius 2 is 1.32 bits per heavy atom. The van der Waals surface area contributed by atoms with Gasteiger partial charge in [-0.05, 0) is 74.5 Å². The van der Waals surface area contributed by atoms with E-state index in [-0.39, 0.29) is 26.5 Å². The van der Waals surface area contributed by atoms with Gasteiger partial charge in [0.05, 0.1) is 16.7 Å². The summed E-state index contributed by atoms with van der Waals surface area (Å²) < 4.78 is 13.1. The molecule has 0 bridgehead atoms. The van der Waals surface area contributed by atoms with E-state index in [2.05, 4.69) is 199 Å². The molecule has 3 heterocycles. The molecule has 0 N–H and O–H groups in total. The monoisotopic (exact) mass is 957 g/mol. The van der Waals surface area contributed by atoms with Gasteiger partial charge in [0, 0.05) is 44.3 Å². The summed E-state index contributed by atoms with van der Waals surface area (Å²) in [5, 5.41) is 2.27. The number of hydrogen-bond acceptors (Lipinski definition) is 2. The van der Waals surface area contributed by atoms with Crippen LogP contribution in [0, 0.1) is 18.5 Å². The summed E-state index contributed by atoms with van der Waals surface area (Å²) in [5.41, 5.74) is 12.9. The molecule has 60 heavy (non-hydrogen) atoms. The number of rotatable bonds is 8. The largest absolute Gasteiger partial charge is 0.510 e. The number of nitrogens with zero attached hydrogens (tertiary/aromatic N) is 4. The predicted molar refractivity (Wildman–Crippen MR) is 239 cm³/mol. The van der Waals surface area contributed by atoms with Crippen molar-refractivity contribution >= 4 is 32.8 Å². The number of ether oxygens (including phenoxy) is 1. The van der Waals surface area contributed by atoms with Crippen molar-refractivity contribution in [3.05, 3.63) is 200 Å². The van der Waals surface area contributed by atoms with Crippen LogP contribution >= 0.6 is 0 Å². The molecule has 0 aliphatic carbocycles. The van der Waals surface area contributed by atoms with Crippen LogP contribution in [0.1, 0.15) is 38.8 Å². The van der Waals surface area contributed by atoms with Gasteiger partial charge in [0.15, 0.2) is 0 Å². The molecule has 0 fully saturated rings. The van der Waals surface area contributed by atoms with E-state index in [1.807, 2.05) is 30.5 Å². The maximum absolute atomic E-state index is 6.64. The Hall–Kier alpha value is -6.55. The number of aryl methyl sites for hydroxylation is 1. The number of para-hydroxylation sites is 3. The Morgan fingerprint density at radius 3 is 2.03 bits per heavy atom. The number of hydrogen-bond donors (Lipinski definition) is 0. The second-order valence-corrected chi connectivity index (χ2v) is 16.0. The first-order valence-electron chi connectivity index (χ1n) is 20.2. The van der Waals surface area contributed by atoms with Crippen molar-refractivity contribution in [2.24, 2.45) is 0 Å². The fraction of sp³-hybridized carbons (Fsp3) is 0.111. The van der Waals surface area contributed by atoms with Crippen LogP contribution in [0.15, 0.2) is 170 Å². The van der Waals surface area contributed by atoms with Gasteiger partial charge in [-0.2, -0.15) is 18.2 Å². The third kappa shape index (κ3) is 7.03. The predicted octanol–water partition coefficient (Wildman–Crippen LogP) is 12.8. The van der Waals surface area contributed by atoms with E-state index >= 15 is 0 Å². The van der Waals surface area contributed by atoms with Crippen LogP contribution in [-0.2, 0) is 32.9 Å². The first-order chi connectivity index (χ1) is 28.8. The maximum Gasteiger partial charge on any atom is 0.268 e. The zero-order chi connectivity index (χ0) is 40.1. The Kier molecular flexibility index (Phi) is 10.3. The van der Waals surface area contributed by atoms with Crippen LogP contribution in [0.4, 0.5) is 0 Å². The van der Waals surface area contributed by atoms with Gasteiger partial charge in [0.25, 0.3) is 6.33 Å². The number of fused-ring (bicyclic) bond motifs is 4. The minimum Gasteiger partial charge on any atom is -0.510 e. The fourth-order valence-corrected chi connectivity index (χ4v) is 8.13. The van der Waals surface area contributed by atoms with Gasteiger partial charge >= 0.3 is 0 Å². The van der Waals surface area contributed by atoms with Crippen LogP contribution < -0.4 is 9.30 Å². The van der Waals surface area contributed by atoms with Crippen LogP contribution in [0.3, 0.4) is 0 Å². The Balaban J connectivity index is 0.00000462. The molecule has 3 aromatic heterocycles. The van der Waals surface area contributed by atoms with Gasteiger partial charge in [-0.3, -0.25) is 4.57 Å². The summed E-state index contributed by atoms with van der Waals surface area (Å²) >= 11 is 0. The number of aromatic nitrogens is 4. The molecule has 0 aliphatic heterocycles. The van der Waals surface area contributed by atoms with E-state index in [1.165, 1.54) is 16.5 Å². The van der Waals surface area contributed by atoms with Gasteiger partial charge in [0.2, 0.25) is 0 Å². The molecule has 10 rings (SSSR count). The second-order valence-electron chi connectivity index (χ2n) is 16.0. The molecule has 296 valence electrons. The molecule has 5 nitrogen and oxygen atoms in total. The fourth-order valence-electron chi connectivity index (χ4n) is 8.13. The smallest absolute Gasteiger partial charge is 0.268 e. The number of imidazole rings is 1. The topological polar surface area (TPSA) is 35.9 Å². The normalized spacial score (nSPS) is 11.6. The molecule has 0 unspecified atom stereocenters. The zero-order valence-corrected chi connectivity index (χ0v) is 36.2. The van der Waals surface area contributed by atoms with Crippen LogP contribution in [0.25, 0.3) is 72.3 Å². The molecule has 0 saturated heterocycles. The summed E-state index contributed by atoms with van der Waals surface area (Å²) in [7, 11) is 0. The van der Waals surface area contributed by atoms with Crippen molar-refractivity contribution in [2.75, 3.05) is 0 Å². The molecule has 7 aromatic carbocycles. The third-order valence-electron chi connectivity index (χ3n) is 11.2. The van der Waals surface area contributed by atoms with Crippen molar-refractivity contribution in [2.45, 2.75) is 39.5 Å². The molecule has 0 amide bonds. The molecular formula is C54H42N4OPt-2. The van der Waals surface area contributed by atoms with Crippen molar-refractivity contribution in [3.8, 4) is 50.9 Å². The van der Waals surface area contributed by atoms with Crippen molar-refractivity contribution < 1.29 is 30.4 Å². The molecule has 0 aliphatic rings. The van der Waals surface area contributed by atoms with Crippen LogP contribution in [-0.4, -0.2) is 14.1 Å². The van der Waals surface area contributed by atoms with Crippen LogP contribution in [0.2, 0.25) is 0 Å². The SMILES string of the molecule is CCc1ccnc(-n2c3[c-]c(Oc4[c-]c(-n5[c-][n+](-c6c(-c7ccccc7)cccc6-c6ccccc6)c6ccccc65)ccc4)ccc3c3cc(C(C)(C)C)ccc32)c1.[Pt]. The summed E-state index contributed by atoms with van der Waals surface area (Å²) in [6.07, 6.45) is 6.57. The van der Waals surface area contributed by atoms with E-state index < -0.39 is 0 Å². The van der Waals surface area contributed by atoms with Gasteiger partial charge in [-0.15, -0.1) is 29.7 Å². The maximum atomic E-state index is 6.64. The van der Waals surface area contributed by atoms with E-state index in [4.69, 9.17) is 9.72 Å². The Morgan fingerprint density at radius 1 is 0.633 bits per heavy atom. The quantitative estimate of drug-likeness (QED) is 0.112. The third-order valence-corrected chi connectivity index (χ3v) is 11.2. The van der Waals surface area contributed by atoms with Crippen molar-refractivity contribution in [3.63, 3.8) is 0 Å². The number of pyridine rings is 1.